The average molecular weight is 288 g/mol. The lowest BCUT2D eigenvalue weighted by Crippen LogP contribution is -2.45. The van der Waals surface area contributed by atoms with Crippen LogP contribution in [-0.2, 0) is 6.54 Å². The normalized spacial score (nSPS) is 19.9. The molecule has 1 atom stereocenters. The molecule has 1 aromatic heterocycles. The first-order chi connectivity index (χ1) is 9.83. The van der Waals surface area contributed by atoms with Gasteiger partial charge in [-0.25, -0.2) is 0 Å². The lowest BCUT2D eigenvalue weighted by Gasteiger charge is -2.36. The van der Waals surface area contributed by atoms with Gasteiger partial charge < -0.3 is 5.32 Å². The van der Waals surface area contributed by atoms with E-state index in [-0.39, 0.29) is 0 Å². The number of nitrogens with zero attached hydrogens (tertiary/aromatic N) is 2. The summed E-state index contributed by atoms with van der Waals surface area (Å²) >= 11 is 6.08. The maximum absolute atomic E-state index is 6.08. The van der Waals surface area contributed by atoms with Gasteiger partial charge in [-0.05, 0) is 35.4 Å². The fourth-order valence-corrected chi connectivity index (χ4v) is 2.93. The lowest BCUT2D eigenvalue weighted by atomic mass is 10.0. The largest absolute Gasteiger partial charge is 0.314 e. The molecule has 1 saturated heterocycles. The number of pyridine rings is 1. The van der Waals surface area contributed by atoms with Crippen LogP contribution in [0.15, 0.2) is 48.8 Å². The number of halogens is 1. The fourth-order valence-electron chi connectivity index (χ4n) is 2.72. The number of rotatable bonds is 3. The maximum Gasteiger partial charge on any atom is 0.0477 e. The Bertz CT molecular complexity index is 559. The van der Waals surface area contributed by atoms with Crippen LogP contribution in [0.5, 0.6) is 0 Å². The molecular formula is C16H18ClN3. The van der Waals surface area contributed by atoms with Crippen molar-refractivity contribution in [1.29, 1.82) is 0 Å². The molecule has 0 radical (unpaired) electrons. The van der Waals surface area contributed by atoms with Crippen molar-refractivity contribution in [3.63, 3.8) is 0 Å². The second-order valence-electron chi connectivity index (χ2n) is 5.10. The van der Waals surface area contributed by atoms with Gasteiger partial charge in [0.2, 0.25) is 0 Å². The van der Waals surface area contributed by atoms with Gasteiger partial charge in [-0.3, -0.25) is 9.88 Å². The van der Waals surface area contributed by atoms with Gasteiger partial charge in [0.05, 0.1) is 0 Å². The van der Waals surface area contributed by atoms with Crippen molar-refractivity contribution in [2.24, 2.45) is 0 Å². The summed E-state index contributed by atoms with van der Waals surface area (Å²) in [6, 6.07) is 12.7. The molecule has 1 aliphatic rings. The summed E-state index contributed by atoms with van der Waals surface area (Å²) in [4.78, 5) is 6.60. The molecule has 0 spiro atoms. The third-order valence-corrected chi connectivity index (χ3v) is 3.95. The van der Waals surface area contributed by atoms with Gasteiger partial charge in [-0.1, -0.05) is 23.7 Å². The Morgan fingerprint density at radius 2 is 2.10 bits per heavy atom. The van der Waals surface area contributed by atoms with Gasteiger partial charge >= 0.3 is 0 Å². The Morgan fingerprint density at radius 1 is 1.25 bits per heavy atom. The van der Waals surface area contributed by atoms with Crippen LogP contribution in [-0.4, -0.2) is 29.5 Å². The number of piperazine rings is 1. The third-order valence-electron chi connectivity index (χ3n) is 3.72. The minimum Gasteiger partial charge on any atom is -0.314 e. The molecule has 1 N–H and O–H groups in total. The van der Waals surface area contributed by atoms with Crippen LogP contribution in [0.4, 0.5) is 0 Å². The molecule has 4 heteroatoms. The van der Waals surface area contributed by atoms with E-state index in [9.17, 15) is 0 Å². The molecule has 20 heavy (non-hydrogen) atoms. The van der Waals surface area contributed by atoms with Crippen molar-refractivity contribution in [2.45, 2.75) is 12.6 Å². The predicted octanol–water partition coefficient (Wildman–Crippen LogP) is 2.88. The Balaban J connectivity index is 1.79. The van der Waals surface area contributed by atoms with E-state index < -0.39 is 0 Å². The SMILES string of the molecule is Clc1cccc(CN2CCNCC2c2ccncc2)c1. The molecule has 2 heterocycles. The van der Waals surface area contributed by atoms with Crippen molar-refractivity contribution in [3.8, 4) is 0 Å². The van der Waals surface area contributed by atoms with Crippen LogP contribution in [0.2, 0.25) is 5.02 Å². The summed E-state index contributed by atoms with van der Waals surface area (Å²) < 4.78 is 0. The number of benzene rings is 1. The molecule has 1 aromatic carbocycles. The Kier molecular flexibility index (Phi) is 4.31. The Hall–Kier alpha value is -1.42. The van der Waals surface area contributed by atoms with E-state index in [1.165, 1.54) is 11.1 Å². The zero-order valence-electron chi connectivity index (χ0n) is 11.3. The molecular weight excluding hydrogens is 270 g/mol. The third kappa shape index (κ3) is 3.18. The lowest BCUT2D eigenvalue weighted by molar-refractivity contribution is 0.153. The number of nitrogens with one attached hydrogen (secondary N) is 1. The summed E-state index contributed by atoms with van der Waals surface area (Å²) in [5, 5.41) is 4.28. The molecule has 2 aromatic rings. The van der Waals surface area contributed by atoms with Gasteiger partial charge in [0.1, 0.15) is 0 Å². The highest BCUT2D eigenvalue weighted by molar-refractivity contribution is 6.30. The number of hydrogen-bond donors (Lipinski definition) is 1. The van der Waals surface area contributed by atoms with E-state index in [4.69, 9.17) is 11.6 Å². The van der Waals surface area contributed by atoms with E-state index in [1.54, 1.807) is 0 Å². The first-order valence-electron chi connectivity index (χ1n) is 6.92. The van der Waals surface area contributed by atoms with Gasteiger partial charge in [-0.15, -0.1) is 0 Å². The zero-order chi connectivity index (χ0) is 13.8. The minimum absolute atomic E-state index is 0.394. The predicted molar refractivity (Wildman–Crippen MR) is 81.7 cm³/mol. The van der Waals surface area contributed by atoms with E-state index in [0.29, 0.717) is 6.04 Å². The number of aromatic nitrogens is 1. The van der Waals surface area contributed by atoms with E-state index >= 15 is 0 Å². The fraction of sp³-hybridized carbons (Fsp3) is 0.312. The standard InChI is InChI=1S/C16H18ClN3/c17-15-3-1-2-13(10-15)12-20-9-8-19-11-16(20)14-4-6-18-7-5-14/h1-7,10,16,19H,8-9,11-12H2. The first-order valence-corrected chi connectivity index (χ1v) is 7.30. The highest BCUT2D eigenvalue weighted by Gasteiger charge is 2.23. The smallest absolute Gasteiger partial charge is 0.0477 e. The molecule has 0 saturated carbocycles. The molecule has 0 bridgehead atoms. The molecule has 104 valence electrons. The Labute approximate surface area is 124 Å². The monoisotopic (exact) mass is 287 g/mol. The minimum atomic E-state index is 0.394. The molecule has 0 aliphatic carbocycles. The van der Waals surface area contributed by atoms with Gasteiger partial charge in [-0.2, -0.15) is 0 Å². The van der Waals surface area contributed by atoms with Gasteiger partial charge in [0, 0.05) is 49.6 Å². The Morgan fingerprint density at radius 3 is 2.90 bits per heavy atom. The summed E-state index contributed by atoms with van der Waals surface area (Å²) in [6.07, 6.45) is 3.73. The van der Waals surface area contributed by atoms with Crippen LogP contribution in [0.3, 0.4) is 0 Å². The highest BCUT2D eigenvalue weighted by atomic mass is 35.5. The zero-order valence-corrected chi connectivity index (χ0v) is 12.1. The van der Waals surface area contributed by atoms with Crippen LogP contribution in [0, 0.1) is 0 Å². The molecule has 1 aliphatic heterocycles. The molecule has 1 unspecified atom stereocenters. The molecule has 0 amide bonds. The summed E-state index contributed by atoms with van der Waals surface area (Å²) in [5.41, 5.74) is 2.58. The van der Waals surface area contributed by atoms with E-state index in [0.717, 1.165) is 31.2 Å². The summed E-state index contributed by atoms with van der Waals surface area (Å²) in [6.45, 7) is 3.97. The van der Waals surface area contributed by atoms with Crippen LogP contribution < -0.4 is 5.32 Å². The highest BCUT2D eigenvalue weighted by Crippen LogP contribution is 2.24. The van der Waals surface area contributed by atoms with Crippen molar-refractivity contribution in [3.05, 3.63) is 64.9 Å². The van der Waals surface area contributed by atoms with Crippen molar-refractivity contribution in [2.75, 3.05) is 19.6 Å². The first kappa shape index (κ1) is 13.6. The van der Waals surface area contributed by atoms with E-state index in [2.05, 4.69) is 33.4 Å². The summed E-state index contributed by atoms with van der Waals surface area (Å²) in [7, 11) is 0. The molecule has 1 fully saturated rings. The van der Waals surface area contributed by atoms with Crippen LogP contribution >= 0.6 is 11.6 Å². The van der Waals surface area contributed by atoms with Crippen molar-refractivity contribution >= 4 is 11.6 Å². The molecule has 3 rings (SSSR count). The van der Waals surface area contributed by atoms with E-state index in [1.807, 2.05) is 30.6 Å². The quantitative estimate of drug-likeness (QED) is 0.941. The number of hydrogen-bond acceptors (Lipinski definition) is 3. The van der Waals surface area contributed by atoms with Gasteiger partial charge in [0.25, 0.3) is 0 Å². The van der Waals surface area contributed by atoms with Gasteiger partial charge in [0.15, 0.2) is 0 Å². The molecule has 3 nitrogen and oxygen atoms in total. The summed E-state index contributed by atoms with van der Waals surface area (Å²) in [5.74, 6) is 0. The second kappa shape index (κ2) is 6.35. The van der Waals surface area contributed by atoms with Crippen LogP contribution in [0.25, 0.3) is 0 Å². The van der Waals surface area contributed by atoms with Crippen LogP contribution in [0.1, 0.15) is 17.2 Å². The van der Waals surface area contributed by atoms with Crippen molar-refractivity contribution in [1.82, 2.24) is 15.2 Å². The maximum atomic E-state index is 6.08. The topological polar surface area (TPSA) is 28.2 Å². The second-order valence-corrected chi connectivity index (χ2v) is 5.54. The van der Waals surface area contributed by atoms with Crippen molar-refractivity contribution < 1.29 is 0 Å². The average Bonchev–Trinajstić information content (AvgIpc) is 2.49.